The van der Waals surface area contributed by atoms with Gasteiger partial charge in [0.25, 0.3) is 5.69 Å². The Labute approximate surface area is 152 Å². The molecule has 0 bridgehead atoms. The molecule has 0 saturated carbocycles. The van der Waals surface area contributed by atoms with E-state index in [1.54, 1.807) is 13.8 Å². The Morgan fingerprint density at radius 1 is 1.32 bits per heavy atom. The first-order valence-corrected chi connectivity index (χ1v) is 9.19. The van der Waals surface area contributed by atoms with Gasteiger partial charge in [0, 0.05) is 37.4 Å². The third kappa shape index (κ3) is 6.85. The molecule has 142 valence electrons. The Balaban J connectivity index is 0.00000576. The zero-order valence-corrected chi connectivity index (χ0v) is 15.8. The number of nitrogens with two attached hydrogens (primary N) is 1. The third-order valence-corrected chi connectivity index (χ3v) is 4.65. The highest BCUT2D eigenvalue weighted by Crippen LogP contribution is 2.27. The summed E-state index contributed by atoms with van der Waals surface area (Å²) in [4.78, 5) is 22.0. The van der Waals surface area contributed by atoms with Gasteiger partial charge in [-0.1, -0.05) is 6.92 Å². The molecule has 2 atom stereocenters. The van der Waals surface area contributed by atoms with Crippen LogP contribution in [-0.2, 0) is 14.6 Å². The van der Waals surface area contributed by atoms with Crippen LogP contribution in [0.4, 0.5) is 11.4 Å². The molecule has 0 aliphatic carbocycles. The van der Waals surface area contributed by atoms with Gasteiger partial charge in [-0.2, -0.15) is 0 Å². The maximum atomic E-state index is 11.7. The smallest absolute Gasteiger partial charge is 0.293 e. The summed E-state index contributed by atoms with van der Waals surface area (Å²) < 4.78 is 22.9. The molecular formula is C14H23ClN4O5S. The molecule has 2 unspecified atom stereocenters. The van der Waals surface area contributed by atoms with Crippen LogP contribution in [0, 0.1) is 16.0 Å². The number of amides is 1. The van der Waals surface area contributed by atoms with E-state index in [2.05, 4.69) is 10.6 Å². The molecule has 4 N–H and O–H groups in total. The topological polar surface area (TPSA) is 144 Å². The van der Waals surface area contributed by atoms with Crippen LogP contribution in [0.25, 0.3) is 0 Å². The average Bonchev–Trinajstić information content (AvgIpc) is 2.49. The number of nitrogens with one attached hydrogen (secondary N) is 2. The molecule has 0 spiro atoms. The van der Waals surface area contributed by atoms with Gasteiger partial charge in [0.2, 0.25) is 5.91 Å². The first-order valence-electron chi connectivity index (χ1n) is 7.29. The fraction of sp³-hybridized carbons (Fsp3) is 0.500. The first kappa shape index (κ1) is 23.1. The van der Waals surface area contributed by atoms with Gasteiger partial charge < -0.3 is 16.4 Å². The van der Waals surface area contributed by atoms with Crippen molar-refractivity contribution in [3.8, 4) is 0 Å². The average molecular weight is 395 g/mol. The maximum absolute atomic E-state index is 11.7. The molecule has 1 rings (SSSR count). The number of carbonyl (C=O) groups excluding carboxylic acids is 1. The van der Waals surface area contributed by atoms with Crippen molar-refractivity contribution in [2.45, 2.75) is 24.8 Å². The maximum Gasteiger partial charge on any atom is 0.293 e. The van der Waals surface area contributed by atoms with Gasteiger partial charge >= 0.3 is 0 Å². The number of hydrogen-bond donors (Lipinski definition) is 3. The van der Waals surface area contributed by atoms with Crippen molar-refractivity contribution in [1.82, 2.24) is 5.32 Å². The van der Waals surface area contributed by atoms with Crippen molar-refractivity contribution < 1.29 is 18.1 Å². The van der Waals surface area contributed by atoms with E-state index in [-0.39, 0.29) is 59.6 Å². The highest BCUT2D eigenvalue weighted by atomic mass is 35.5. The molecule has 0 aliphatic heterocycles. The highest BCUT2D eigenvalue weighted by Gasteiger charge is 2.19. The van der Waals surface area contributed by atoms with Crippen LogP contribution >= 0.6 is 12.4 Å². The first-order chi connectivity index (χ1) is 11.0. The monoisotopic (exact) mass is 394 g/mol. The van der Waals surface area contributed by atoms with Crippen LogP contribution in [0.15, 0.2) is 23.1 Å². The summed E-state index contributed by atoms with van der Waals surface area (Å²) in [5.74, 6) is -0.540. The fourth-order valence-corrected chi connectivity index (χ4v) is 2.47. The molecule has 0 radical (unpaired) electrons. The van der Waals surface area contributed by atoms with E-state index in [1.165, 1.54) is 12.1 Å². The van der Waals surface area contributed by atoms with E-state index in [0.717, 1.165) is 12.3 Å². The van der Waals surface area contributed by atoms with E-state index < -0.39 is 14.8 Å². The Morgan fingerprint density at radius 3 is 2.40 bits per heavy atom. The zero-order valence-electron chi connectivity index (χ0n) is 14.2. The minimum Gasteiger partial charge on any atom is -0.378 e. The number of carbonyl (C=O) groups is 1. The molecule has 25 heavy (non-hydrogen) atoms. The molecule has 0 aromatic heterocycles. The van der Waals surface area contributed by atoms with Crippen molar-refractivity contribution in [2.24, 2.45) is 11.7 Å². The molecule has 0 saturated heterocycles. The Morgan fingerprint density at radius 2 is 1.92 bits per heavy atom. The number of nitro benzene ring substituents is 1. The predicted molar refractivity (Wildman–Crippen MR) is 97.8 cm³/mol. The molecule has 0 fully saturated rings. The molecule has 1 aromatic carbocycles. The van der Waals surface area contributed by atoms with Crippen molar-refractivity contribution >= 4 is 39.5 Å². The minimum absolute atomic E-state index is 0. The van der Waals surface area contributed by atoms with Gasteiger partial charge in [0.15, 0.2) is 9.84 Å². The van der Waals surface area contributed by atoms with Gasteiger partial charge in [0.1, 0.15) is 5.69 Å². The van der Waals surface area contributed by atoms with E-state index in [1.807, 2.05) is 0 Å². The van der Waals surface area contributed by atoms with Gasteiger partial charge in [-0.3, -0.25) is 14.9 Å². The van der Waals surface area contributed by atoms with E-state index in [0.29, 0.717) is 0 Å². The van der Waals surface area contributed by atoms with Crippen LogP contribution < -0.4 is 16.4 Å². The minimum atomic E-state index is -3.53. The molecule has 0 aliphatic rings. The van der Waals surface area contributed by atoms with E-state index in [4.69, 9.17) is 5.73 Å². The number of benzene rings is 1. The summed E-state index contributed by atoms with van der Waals surface area (Å²) in [6.07, 6.45) is 0.980. The number of halogens is 1. The number of hydrogen-bond acceptors (Lipinski definition) is 7. The summed E-state index contributed by atoms with van der Waals surface area (Å²) in [5, 5.41) is 16.6. The lowest BCUT2D eigenvalue weighted by molar-refractivity contribution is -0.384. The number of anilines is 1. The summed E-state index contributed by atoms with van der Waals surface area (Å²) in [6.45, 7) is 3.94. The second-order valence-electron chi connectivity index (χ2n) is 5.57. The lowest BCUT2D eigenvalue weighted by Crippen LogP contribution is -2.40. The molecule has 9 nitrogen and oxygen atoms in total. The summed E-state index contributed by atoms with van der Waals surface area (Å²) in [5.41, 5.74) is 5.48. The third-order valence-electron chi connectivity index (χ3n) is 3.54. The second-order valence-corrected chi connectivity index (χ2v) is 7.59. The number of rotatable bonds is 8. The normalized spacial score (nSPS) is 13.3. The lowest BCUT2D eigenvalue weighted by Gasteiger charge is -2.15. The van der Waals surface area contributed by atoms with Gasteiger partial charge in [-0.25, -0.2) is 8.42 Å². The van der Waals surface area contributed by atoms with Crippen LogP contribution in [0.3, 0.4) is 0 Å². The Hall–Kier alpha value is -1.91. The SMILES string of the molecule is CC(N)C(C)C(=O)NCCNc1ccc(S(C)(=O)=O)cc1[N+](=O)[O-].Cl. The quantitative estimate of drug-likeness (QED) is 0.338. The van der Waals surface area contributed by atoms with E-state index in [9.17, 15) is 23.3 Å². The Kier molecular flexibility index (Phi) is 8.81. The molecule has 11 heteroatoms. The summed E-state index contributed by atoms with van der Waals surface area (Å²) >= 11 is 0. The molecular weight excluding hydrogens is 372 g/mol. The summed E-state index contributed by atoms with van der Waals surface area (Å²) in [6, 6.07) is 3.36. The fourth-order valence-electron chi connectivity index (χ4n) is 1.83. The molecule has 0 heterocycles. The van der Waals surface area contributed by atoms with Crippen LogP contribution in [-0.4, -0.2) is 44.6 Å². The highest BCUT2D eigenvalue weighted by molar-refractivity contribution is 7.90. The van der Waals surface area contributed by atoms with E-state index >= 15 is 0 Å². The number of nitro groups is 1. The van der Waals surface area contributed by atoms with Crippen LogP contribution in [0.2, 0.25) is 0 Å². The lowest BCUT2D eigenvalue weighted by atomic mass is 10.0. The van der Waals surface area contributed by atoms with Crippen molar-refractivity contribution in [2.75, 3.05) is 24.7 Å². The largest absolute Gasteiger partial charge is 0.378 e. The van der Waals surface area contributed by atoms with Crippen molar-refractivity contribution in [1.29, 1.82) is 0 Å². The van der Waals surface area contributed by atoms with Gasteiger partial charge in [-0.15, -0.1) is 12.4 Å². The van der Waals surface area contributed by atoms with Crippen molar-refractivity contribution in [3.05, 3.63) is 28.3 Å². The number of sulfone groups is 1. The van der Waals surface area contributed by atoms with Crippen molar-refractivity contribution in [3.63, 3.8) is 0 Å². The second kappa shape index (κ2) is 9.54. The van der Waals surface area contributed by atoms with Gasteiger partial charge in [-0.05, 0) is 19.1 Å². The molecule has 1 aromatic rings. The Bertz CT molecular complexity index is 724. The van der Waals surface area contributed by atoms with Crippen LogP contribution in [0.5, 0.6) is 0 Å². The zero-order chi connectivity index (χ0) is 18.5. The predicted octanol–water partition coefficient (Wildman–Crippen LogP) is 0.931. The van der Waals surface area contributed by atoms with Crippen LogP contribution in [0.1, 0.15) is 13.8 Å². The number of nitrogens with zero attached hydrogens (tertiary/aromatic N) is 1. The standard InChI is InChI=1S/C14H22N4O5S.ClH/c1-9(10(2)15)14(19)17-7-6-16-12-5-4-11(24(3,22)23)8-13(12)18(20)21;/h4-5,8-10,16H,6-7,15H2,1-3H3,(H,17,19);1H. The van der Waals surface area contributed by atoms with Gasteiger partial charge in [0.05, 0.1) is 9.82 Å². The summed E-state index contributed by atoms with van der Waals surface area (Å²) in [7, 11) is -3.53. The molecule has 1 amide bonds.